The smallest absolute Gasteiger partial charge is 0.327 e. The van der Waals surface area contributed by atoms with Crippen molar-refractivity contribution < 1.29 is 9.53 Å². The topological polar surface area (TPSA) is 38.3 Å². The normalized spacial score (nSPS) is 12.4. The molecule has 1 rings (SSSR count). The Morgan fingerprint density at radius 3 is 2.21 bits per heavy atom. The van der Waals surface area contributed by atoms with Crippen LogP contribution in [0, 0.1) is 0 Å². The summed E-state index contributed by atoms with van der Waals surface area (Å²) >= 11 is 0. The summed E-state index contributed by atoms with van der Waals surface area (Å²) in [6.45, 7) is 4.33. The van der Waals surface area contributed by atoms with Crippen LogP contribution in [0.1, 0.15) is 51.1 Å². The maximum Gasteiger partial charge on any atom is 0.327 e. The molecule has 0 saturated carbocycles. The lowest BCUT2D eigenvalue weighted by Crippen LogP contribution is -2.37. The van der Waals surface area contributed by atoms with Crippen LogP contribution in [-0.4, -0.2) is 19.1 Å². The highest BCUT2D eigenvalue weighted by Gasteiger charge is 2.23. The molecule has 0 amide bonds. The van der Waals surface area contributed by atoms with Crippen LogP contribution in [0.2, 0.25) is 0 Å². The number of benzene rings is 1. The summed E-state index contributed by atoms with van der Waals surface area (Å²) in [4.78, 5) is 12.0. The van der Waals surface area contributed by atoms with Gasteiger partial charge in [0, 0.05) is 6.04 Å². The molecule has 1 aromatic rings. The van der Waals surface area contributed by atoms with Crippen LogP contribution < -0.4 is 5.32 Å². The monoisotopic (exact) mass is 263 g/mol. The van der Waals surface area contributed by atoms with Crippen molar-refractivity contribution in [3.63, 3.8) is 0 Å². The third-order valence-electron chi connectivity index (χ3n) is 3.25. The molecule has 0 spiro atoms. The Labute approximate surface area is 116 Å². The Morgan fingerprint density at radius 1 is 1.16 bits per heavy atom. The third-order valence-corrected chi connectivity index (χ3v) is 3.25. The number of hydrogen-bond donors (Lipinski definition) is 1. The van der Waals surface area contributed by atoms with E-state index in [-0.39, 0.29) is 12.0 Å². The van der Waals surface area contributed by atoms with Gasteiger partial charge >= 0.3 is 5.97 Å². The van der Waals surface area contributed by atoms with E-state index in [4.69, 9.17) is 4.74 Å². The zero-order chi connectivity index (χ0) is 14.1. The van der Waals surface area contributed by atoms with Crippen molar-refractivity contribution in [3.05, 3.63) is 35.9 Å². The van der Waals surface area contributed by atoms with Crippen molar-refractivity contribution in [1.29, 1.82) is 0 Å². The molecule has 106 valence electrons. The van der Waals surface area contributed by atoms with Gasteiger partial charge in [-0.3, -0.25) is 5.32 Å². The van der Waals surface area contributed by atoms with Crippen LogP contribution in [0.3, 0.4) is 0 Å². The van der Waals surface area contributed by atoms with E-state index in [1.807, 2.05) is 30.3 Å². The van der Waals surface area contributed by atoms with Crippen LogP contribution in [0.4, 0.5) is 0 Å². The minimum Gasteiger partial charge on any atom is -0.468 e. The van der Waals surface area contributed by atoms with Gasteiger partial charge in [-0.1, -0.05) is 57.0 Å². The Hall–Kier alpha value is -1.35. The number of methoxy groups -OCH3 is 1. The fourth-order valence-corrected chi connectivity index (χ4v) is 2.31. The van der Waals surface area contributed by atoms with E-state index in [0.717, 1.165) is 31.2 Å². The van der Waals surface area contributed by atoms with Gasteiger partial charge in [0.1, 0.15) is 6.04 Å². The first-order chi connectivity index (χ1) is 9.22. The number of hydrogen-bond acceptors (Lipinski definition) is 3. The predicted octanol–water partition coefficient (Wildman–Crippen LogP) is 3.46. The molecule has 1 unspecified atom stereocenters. The van der Waals surface area contributed by atoms with Crippen molar-refractivity contribution in [2.24, 2.45) is 0 Å². The Kier molecular flexibility index (Phi) is 7.19. The summed E-state index contributed by atoms with van der Waals surface area (Å²) < 4.78 is 4.92. The summed E-state index contributed by atoms with van der Waals surface area (Å²) in [6.07, 6.45) is 4.38. The van der Waals surface area contributed by atoms with Crippen molar-refractivity contribution in [2.75, 3.05) is 7.11 Å². The molecule has 0 aromatic heterocycles. The Morgan fingerprint density at radius 2 is 1.74 bits per heavy atom. The second-order valence-electron chi connectivity index (χ2n) is 4.81. The van der Waals surface area contributed by atoms with Gasteiger partial charge in [0.25, 0.3) is 0 Å². The minimum atomic E-state index is -0.366. The first-order valence-electron chi connectivity index (χ1n) is 7.11. The molecule has 1 N–H and O–H groups in total. The van der Waals surface area contributed by atoms with Crippen LogP contribution in [0.25, 0.3) is 0 Å². The van der Waals surface area contributed by atoms with Gasteiger partial charge in [-0.2, -0.15) is 0 Å². The van der Waals surface area contributed by atoms with E-state index in [9.17, 15) is 4.79 Å². The Bertz CT molecular complexity index is 358. The predicted molar refractivity (Wildman–Crippen MR) is 77.9 cm³/mol. The minimum absolute atomic E-state index is 0.219. The lowest BCUT2D eigenvalue weighted by atomic mass is 10.0. The molecular formula is C16H25NO2. The lowest BCUT2D eigenvalue weighted by molar-refractivity contribution is -0.143. The standard InChI is InChI=1S/C16H25NO2/c1-4-9-14(10-5-2)17-15(16(18)19-3)13-11-7-6-8-12-13/h6-8,11-12,14-15,17H,4-5,9-10H2,1-3H3. The third kappa shape index (κ3) is 5.03. The van der Waals surface area contributed by atoms with Crippen molar-refractivity contribution in [3.8, 4) is 0 Å². The zero-order valence-electron chi connectivity index (χ0n) is 12.2. The summed E-state index contributed by atoms with van der Waals surface area (Å²) in [5.41, 5.74) is 0.964. The van der Waals surface area contributed by atoms with Gasteiger partial charge in [-0.15, -0.1) is 0 Å². The summed E-state index contributed by atoms with van der Waals surface area (Å²) in [7, 11) is 1.44. The number of esters is 1. The summed E-state index contributed by atoms with van der Waals surface area (Å²) in [5, 5.41) is 3.45. The molecule has 0 aliphatic heterocycles. The van der Waals surface area contributed by atoms with Crippen LogP contribution in [-0.2, 0) is 9.53 Å². The second kappa shape index (κ2) is 8.70. The number of ether oxygens (including phenoxy) is 1. The first-order valence-corrected chi connectivity index (χ1v) is 7.11. The largest absolute Gasteiger partial charge is 0.468 e. The second-order valence-corrected chi connectivity index (χ2v) is 4.81. The SMILES string of the molecule is CCCC(CCC)NC(C(=O)OC)c1ccccc1. The van der Waals surface area contributed by atoms with Crippen molar-refractivity contribution in [2.45, 2.75) is 51.6 Å². The van der Waals surface area contributed by atoms with Gasteiger partial charge in [-0.25, -0.2) is 4.79 Å². The van der Waals surface area contributed by atoms with E-state index < -0.39 is 0 Å². The number of rotatable bonds is 8. The zero-order valence-corrected chi connectivity index (χ0v) is 12.2. The molecule has 3 heteroatoms. The molecule has 0 bridgehead atoms. The molecule has 0 heterocycles. The maximum atomic E-state index is 12.0. The van der Waals surface area contributed by atoms with Crippen LogP contribution >= 0.6 is 0 Å². The number of nitrogens with one attached hydrogen (secondary N) is 1. The fourth-order valence-electron chi connectivity index (χ4n) is 2.31. The number of carbonyl (C=O) groups excluding carboxylic acids is 1. The van der Waals surface area contributed by atoms with E-state index in [1.165, 1.54) is 7.11 Å². The summed E-state index contributed by atoms with van der Waals surface area (Å²) in [5.74, 6) is -0.219. The van der Waals surface area contributed by atoms with Gasteiger partial charge in [-0.05, 0) is 18.4 Å². The first kappa shape index (κ1) is 15.7. The average Bonchev–Trinajstić information content (AvgIpc) is 2.45. The van der Waals surface area contributed by atoms with Gasteiger partial charge in [0.05, 0.1) is 7.11 Å². The van der Waals surface area contributed by atoms with E-state index in [2.05, 4.69) is 19.2 Å². The summed E-state index contributed by atoms with van der Waals surface area (Å²) in [6, 6.07) is 9.76. The molecule has 0 radical (unpaired) electrons. The fraction of sp³-hybridized carbons (Fsp3) is 0.562. The quantitative estimate of drug-likeness (QED) is 0.730. The molecular weight excluding hydrogens is 238 g/mol. The molecule has 0 fully saturated rings. The van der Waals surface area contributed by atoms with Crippen LogP contribution in [0.15, 0.2) is 30.3 Å². The number of carbonyl (C=O) groups is 1. The highest BCUT2D eigenvalue weighted by atomic mass is 16.5. The van der Waals surface area contributed by atoms with Gasteiger partial charge in [0.2, 0.25) is 0 Å². The van der Waals surface area contributed by atoms with Gasteiger partial charge < -0.3 is 4.74 Å². The van der Waals surface area contributed by atoms with Crippen molar-refractivity contribution in [1.82, 2.24) is 5.32 Å². The van der Waals surface area contributed by atoms with E-state index >= 15 is 0 Å². The average molecular weight is 263 g/mol. The molecule has 1 atom stereocenters. The molecule has 19 heavy (non-hydrogen) atoms. The van der Waals surface area contributed by atoms with Crippen LogP contribution in [0.5, 0.6) is 0 Å². The van der Waals surface area contributed by atoms with Gasteiger partial charge in [0.15, 0.2) is 0 Å². The molecule has 0 aliphatic rings. The highest BCUT2D eigenvalue weighted by molar-refractivity contribution is 5.77. The molecule has 0 aliphatic carbocycles. The Balaban J connectivity index is 2.82. The molecule has 0 saturated heterocycles. The van der Waals surface area contributed by atoms with E-state index in [0.29, 0.717) is 6.04 Å². The lowest BCUT2D eigenvalue weighted by Gasteiger charge is -2.24. The highest BCUT2D eigenvalue weighted by Crippen LogP contribution is 2.17. The van der Waals surface area contributed by atoms with E-state index in [1.54, 1.807) is 0 Å². The molecule has 1 aromatic carbocycles. The van der Waals surface area contributed by atoms with Crippen molar-refractivity contribution >= 4 is 5.97 Å². The molecule has 3 nitrogen and oxygen atoms in total. The maximum absolute atomic E-state index is 12.0.